The molecule has 0 amide bonds. The van der Waals surface area contributed by atoms with Gasteiger partial charge in [-0.25, -0.2) is 0 Å². The molecule has 1 aromatic rings. The van der Waals surface area contributed by atoms with Crippen molar-refractivity contribution in [1.29, 1.82) is 0 Å². The second-order valence-electron chi connectivity index (χ2n) is 6.00. The summed E-state index contributed by atoms with van der Waals surface area (Å²) in [6.07, 6.45) is 5.44. The topological polar surface area (TPSA) is 3.24 Å². The number of thiophene rings is 1. The molecule has 1 saturated carbocycles. The Morgan fingerprint density at radius 3 is 2.59 bits per heavy atom. The van der Waals surface area contributed by atoms with Gasteiger partial charge in [0.05, 0.1) is 0 Å². The summed E-state index contributed by atoms with van der Waals surface area (Å²) in [5.41, 5.74) is 0.570. The second kappa shape index (κ2) is 5.41. The molecular formula is C14H22BrNS. The van der Waals surface area contributed by atoms with Crippen LogP contribution >= 0.6 is 27.3 Å². The van der Waals surface area contributed by atoms with E-state index in [0.29, 0.717) is 5.41 Å². The third kappa shape index (κ3) is 3.55. The van der Waals surface area contributed by atoms with Crippen LogP contribution in [0.2, 0.25) is 0 Å². The molecule has 1 nitrogen and oxygen atoms in total. The third-order valence-electron chi connectivity index (χ3n) is 4.02. The molecule has 1 heterocycles. The first kappa shape index (κ1) is 13.6. The number of hydrogen-bond acceptors (Lipinski definition) is 2. The molecule has 17 heavy (non-hydrogen) atoms. The Hall–Kier alpha value is 0.140. The van der Waals surface area contributed by atoms with Crippen LogP contribution in [0.3, 0.4) is 0 Å². The fourth-order valence-corrected chi connectivity index (χ4v) is 4.16. The van der Waals surface area contributed by atoms with Crippen molar-refractivity contribution in [1.82, 2.24) is 4.90 Å². The van der Waals surface area contributed by atoms with Gasteiger partial charge in [-0.15, -0.1) is 11.3 Å². The maximum Gasteiger partial charge on any atom is 0.0339 e. The Labute approximate surface area is 117 Å². The average molecular weight is 316 g/mol. The standard InChI is InChI=1S/C14H22BrNS/c1-14(2)7-4-11(5-8-14)16(3)10-13-12(15)6-9-17-13/h6,9,11H,4-5,7-8,10H2,1-3H3. The van der Waals surface area contributed by atoms with E-state index in [1.165, 1.54) is 35.0 Å². The fourth-order valence-electron chi connectivity index (χ4n) is 2.62. The van der Waals surface area contributed by atoms with Gasteiger partial charge >= 0.3 is 0 Å². The van der Waals surface area contributed by atoms with E-state index in [1.54, 1.807) is 0 Å². The van der Waals surface area contributed by atoms with Crippen LogP contribution < -0.4 is 0 Å². The second-order valence-corrected chi connectivity index (χ2v) is 7.86. The molecule has 3 heteroatoms. The van der Waals surface area contributed by atoms with Crippen molar-refractivity contribution in [2.45, 2.75) is 52.1 Å². The van der Waals surface area contributed by atoms with E-state index in [0.717, 1.165) is 12.6 Å². The summed E-state index contributed by atoms with van der Waals surface area (Å²) in [5.74, 6) is 0. The molecule has 1 aliphatic rings. The van der Waals surface area contributed by atoms with Gasteiger partial charge in [-0.2, -0.15) is 0 Å². The molecule has 0 aliphatic heterocycles. The van der Waals surface area contributed by atoms with E-state index in [4.69, 9.17) is 0 Å². The lowest BCUT2D eigenvalue weighted by Gasteiger charge is -2.38. The van der Waals surface area contributed by atoms with Crippen LogP contribution in [0.15, 0.2) is 15.9 Å². The van der Waals surface area contributed by atoms with E-state index < -0.39 is 0 Å². The summed E-state index contributed by atoms with van der Waals surface area (Å²) >= 11 is 5.47. The highest BCUT2D eigenvalue weighted by molar-refractivity contribution is 9.10. The summed E-state index contributed by atoms with van der Waals surface area (Å²) in [5, 5.41) is 2.16. The molecule has 0 aromatic carbocycles. The van der Waals surface area contributed by atoms with Gasteiger partial charge in [-0.05, 0) is 65.5 Å². The van der Waals surface area contributed by atoms with Gasteiger partial charge in [0.1, 0.15) is 0 Å². The SMILES string of the molecule is CN(Cc1sccc1Br)C1CCC(C)(C)CC1. The minimum atomic E-state index is 0.570. The first-order chi connectivity index (χ1) is 7.98. The van der Waals surface area contributed by atoms with E-state index in [1.807, 2.05) is 11.3 Å². The van der Waals surface area contributed by atoms with E-state index in [2.05, 4.69) is 53.2 Å². The summed E-state index contributed by atoms with van der Waals surface area (Å²) in [4.78, 5) is 3.99. The number of rotatable bonds is 3. The van der Waals surface area contributed by atoms with Crippen LogP contribution in [0.4, 0.5) is 0 Å². The van der Waals surface area contributed by atoms with Crippen molar-refractivity contribution in [2.75, 3.05) is 7.05 Å². The van der Waals surface area contributed by atoms with Crippen LogP contribution in [0.5, 0.6) is 0 Å². The Bertz CT molecular complexity index is 362. The molecular weight excluding hydrogens is 294 g/mol. The van der Waals surface area contributed by atoms with Crippen LogP contribution in [0, 0.1) is 5.41 Å². The number of halogens is 1. The monoisotopic (exact) mass is 315 g/mol. The molecule has 0 N–H and O–H groups in total. The molecule has 1 fully saturated rings. The molecule has 96 valence electrons. The highest BCUT2D eigenvalue weighted by Crippen LogP contribution is 2.37. The van der Waals surface area contributed by atoms with Crippen molar-refractivity contribution in [3.8, 4) is 0 Å². The van der Waals surface area contributed by atoms with Crippen LogP contribution in [-0.4, -0.2) is 18.0 Å². The lowest BCUT2D eigenvalue weighted by molar-refractivity contribution is 0.123. The summed E-state index contributed by atoms with van der Waals surface area (Å²) in [6.45, 7) is 5.89. The summed E-state index contributed by atoms with van der Waals surface area (Å²) in [6, 6.07) is 2.93. The molecule has 2 rings (SSSR count). The predicted molar refractivity (Wildman–Crippen MR) is 79.5 cm³/mol. The van der Waals surface area contributed by atoms with Crippen LogP contribution in [-0.2, 0) is 6.54 Å². The lowest BCUT2D eigenvalue weighted by Crippen LogP contribution is -2.36. The van der Waals surface area contributed by atoms with Gasteiger partial charge < -0.3 is 0 Å². The third-order valence-corrected chi connectivity index (χ3v) is 5.93. The van der Waals surface area contributed by atoms with Gasteiger partial charge in [0, 0.05) is 21.9 Å². The molecule has 0 saturated heterocycles. The highest BCUT2D eigenvalue weighted by atomic mass is 79.9. The first-order valence-electron chi connectivity index (χ1n) is 6.40. The quantitative estimate of drug-likeness (QED) is 0.766. The first-order valence-corrected chi connectivity index (χ1v) is 8.07. The van der Waals surface area contributed by atoms with Crippen LogP contribution in [0.1, 0.15) is 44.4 Å². The lowest BCUT2D eigenvalue weighted by atomic mass is 9.75. The van der Waals surface area contributed by atoms with Crippen molar-refractivity contribution in [2.24, 2.45) is 5.41 Å². The van der Waals surface area contributed by atoms with Crippen molar-refractivity contribution in [3.63, 3.8) is 0 Å². The van der Waals surface area contributed by atoms with Gasteiger partial charge in [0.25, 0.3) is 0 Å². The number of hydrogen-bond donors (Lipinski definition) is 0. The van der Waals surface area contributed by atoms with Crippen molar-refractivity contribution >= 4 is 27.3 Å². The Kier molecular flexibility index (Phi) is 4.32. The zero-order valence-corrected chi connectivity index (χ0v) is 13.4. The minimum Gasteiger partial charge on any atom is -0.298 e. The predicted octanol–water partition coefficient (Wildman–Crippen LogP) is 4.91. The Morgan fingerprint density at radius 1 is 1.41 bits per heavy atom. The minimum absolute atomic E-state index is 0.570. The zero-order chi connectivity index (χ0) is 12.5. The summed E-state index contributed by atoms with van der Waals surface area (Å²) in [7, 11) is 2.27. The van der Waals surface area contributed by atoms with Gasteiger partial charge in [0.2, 0.25) is 0 Å². The Morgan fingerprint density at radius 2 is 2.06 bits per heavy atom. The molecule has 0 radical (unpaired) electrons. The zero-order valence-electron chi connectivity index (χ0n) is 11.0. The average Bonchev–Trinajstić information content (AvgIpc) is 2.64. The fraction of sp³-hybridized carbons (Fsp3) is 0.714. The molecule has 0 spiro atoms. The largest absolute Gasteiger partial charge is 0.298 e. The Balaban J connectivity index is 1.89. The van der Waals surface area contributed by atoms with E-state index >= 15 is 0 Å². The molecule has 0 atom stereocenters. The number of nitrogens with zero attached hydrogens (tertiary/aromatic N) is 1. The van der Waals surface area contributed by atoms with Gasteiger partial charge in [0.15, 0.2) is 0 Å². The van der Waals surface area contributed by atoms with E-state index in [9.17, 15) is 0 Å². The summed E-state index contributed by atoms with van der Waals surface area (Å²) < 4.78 is 1.27. The maximum atomic E-state index is 3.62. The normalized spacial score (nSPS) is 21.0. The van der Waals surface area contributed by atoms with Crippen molar-refractivity contribution in [3.05, 3.63) is 20.8 Å². The van der Waals surface area contributed by atoms with Gasteiger partial charge in [-0.1, -0.05) is 13.8 Å². The smallest absolute Gasteiger partial charge is 0.0339 e. The molecule has 0 unspecified atom stereocenters. The van der Waals surface area contributed by atoms with Gasteiger partial charge in [-0.3, -0.25) is 4.90 Å². The van der Waals surface area contributed by atoms with E-state index in [-0.39, 0.29) is 0 Å². The highest BCUT2D eigenvalue weighted by Gasteiger charge is 2.28. The maximum absolute atomic E-state index is 3.62. The molecule has 1 aliphatic carbocycles. The van der Waals surface area contributed by atoms with Crippen molar-refractivity contribution < 1.29 is 0 Å². The molecule has 1 aromatic heterocycles. The molecule has 0 bridgehead atoms. The van der Waals surface area contributed by atoms with Crippen LogP contribution in [0.25, 0.3) is 0 Å².